The number of carbonyl (C=O) groups is 2. The molecule has 0 spiro atoms. The van der Waals surface area contributed by atoms with E-state index in [1.54, 1.807) is 23.6 Å². The van der Waals surface area contributed by atoms with Gasteiger partial charge in [0, 0.05) is 5.56 Å². The summed E-state index contributed by atoms with van der Waals surface area (Å²) in [6, 6.07) is 6.34. The maximum absolute atomic E-state index is 12.7. The van der Waals surface area contributed by atoms with Gasteiger partial charge >= 0.3 is 5.97 Å². The first-order chi connectivity index (χ1) is 11.0. The summed E-state index contributed by atoms with van der Waals surface area (Å²) in [5.74, 6) is -0.0570. The Morgan fingerprint density at radius 2 is 1.96 bits per heavy atom. The fourth-order valence-electron chi connectivity index (χ4n) is 2.79. The van der Waals surface area contributed by atoms with Crippen LogP contribution in [0.5, 0.6) is 0 Å². The van der Waals surface area contributed by atoms with E-state index < -0.39 is 12.0 Å². The summed E-state index contributed by atoms with van der Waals surface area (Å²) in [7, 11) is 0. The molecular formula is C16H18N4O3. The van der Waals surface area contributed by atoms with Gasteiger partial charge in [-0.2, -0.15) is 0 Å². The first-order valence-electron chi connectivity index (χ1n) is 7.52. The van der Waals surface area contributed by atoms with Crippen LogP contribution in [0.4, 0.5) is 0 Å². The van der Waals surface area contributed by atoms with Crippen LogP contribution in [0.15, 0.2) is 24.3 Å². The molecule has 1 atom stereocenters. The molecule has 0 bridgehead atoms. The zero-order chi connectivity index (χ0) is 16.6. The number of fused-ring (bicyclic) bond motifs is 1. The summed E-state index contributed by atoms with van der Waals surface area (Å²) in [6.45, 7) is 4.13. The Hall–Kier alpha value is -2.70. The standard InChI is InChI=1S/C16H18N4O3/c1-3-11-4-6-12(7-5-11)15(21)20-9-14-18-17-10(2)19(14)8-13(20)16(22)23/h4-7,13H,3,8-9H2,1-2H3,(H,22,23). The number of hydrogen-bond donors (Lipinski definition) is 1. The number of carboxylic acid groups (broad SMARTS) is 1. The number of rotatable bonds is 3. The van der Waals surface area contributed by atoms with E-state index in [2.05, 4.69) is 10.2 Å². The summed E-state index contributed by atoms with van der Waals surface area (Å²) >= 11 is 0. The third kappa shape index (κ3) is 2.69. The summed E-state index contributed by atoms with van der Waals surface area (Å²) in [5.41, 5.74) is 1.61. The van der Waals surface area contributed by atoms with E-state index in [-0.39, 0.29) is 19.0 Å². The molecule has 23 heavy (non-hydrogen) atoms. The van der Waals surface area contributed by atoms with Gasteiger partial charge in [-0.3, -0.25) is 4.79 Å². The van der Waals surface area contributed by atoms with Gasteiger partial charge < -0.3 is 14.6 Å². The lowest BCUT2D eigenvalue weighted by Gasteiger charge is -2.33. The van der Waals surface area contributed by atoms with Crippen molar-refractivity contribution >= 4 is 11.9 Å². The average Bonchev–Trinajstić information content (AvgIpc) is 2.93. The quantitative estimate of drug-likeness (QED) is 0.921. The third-order valence-electron chi connectivity index (χ3n) is 4.21. The molecule has 1 aliphatic rings. The molecule has 0 aliphatic carbocycles. The van der Waals surface area contributed by atoms with Gasteiger partial charge in [-0.05, 0) is 31.0 Å². The molecule has 1 unspecified atom stereocenters. The molecule has 2 aromatic rings. The molecule has 0 saturated carbocycles. The van der Waals surface area contributed by atoms with Crippen molar-refractivity contribution in [3.05, 3.63) is 47.0 Å². The predicted molar refractivity (Wildman–Crippen MR) is 81.9 cm³/mol. The van der Waals surface area contributed by atoms with Crippen LogP contribution in [0.25, 0.3) is 0 Å². The topological polar surface area (TPSA) is 88.3 Å². The van der Waals surface area contributed by atoms with E-state index >= 15 is 0 Å². The number of hydrogen-bond acceptors (Lipinski definition) is 4. The van der Waals surface area contributed by atoms with Gasteiger partial charge in [0.1, 0.15) is 11.9 Å². The van der Waals surface area contributed by atoms with E-state index in [4.69, 9.17) is 0 Å². The van der Waals surface area contributed by atoms with E-state index in [0.717, 1.165) is 12.0 Å². The minimum atomic E-state index is -1.03. The Balaban J connectivity index is 1.92. The van der Waals surface area contributed by atoms with Crippen molar-refractivity contribution in [1.29, 1.82) is 0 Å². The van der Waals surface area contributed by atoms with Crippen LogP contribution in [0.3, 0.4) is 0 Å². The highest BCUT2D eigenvalue weighted by atomic mass is 16.4. The molecule has 120 valence electrons. The average molecular weight is 314 g/mol. The van der Waals surface area contributed by atoms with Crippen LogP contribution in [0.1, 0.15) is 34.5 Å². The Labute approximate surface area is 133 Å². The highest BCUT2D eigenvalue weighted by Crippen LogP contribution is 2.21. The first kappa shape index (κ1) is 15.2. The van der Waals surface area contributed by atoms with Gasteiger partial charge in [-0.25, -0.2) is 4.79 Å². The highest BCUT2D eigenvalue weighted by molar-refractivity contribution is 5.96. The number of carboxylic acids is 1. The van der Waals surface area contributed by atoms with Crippen molar-refractivity contribution in [1.82, 2.24) is 19.7 Å². The van der Waals surface area contributed by atoms with Crippen molar-refractivity contribution in [3.63, 3.8) is 0 Å². The first-order valence-corrected chi connectivity index (χ1v) is 7.52. The second kappa shape index (κ2) is 5.83. The van der Waals surface area contributed by atoms with Crippen LogP contribution >= 0.6 is 0 Å². The van der Waals surface area contributed by atoms with Crippen molar-refractivity contribution in [2.75, 3.05) is 0 Å². The van der Waals surface area contributed by atoms with Crippen LogP contribution in [0, 0.1) is 6.92 Å². The maximum atomic E-state index is 12.7. The number of amides is 1. The molecule has 1 N–H and O–H groups in total. The zero-order valence-electron chi connectivity index (χ0n) is 13.1. The molecule has 2 heterocycles. The largest absolute Gasteiger partial charge is 0.480 e. The number of aliphatic carboxylic acids is 1. The van der Waals surface area contributed by atoms with Gasteiger partial charge in [0.15, 0.2) is 5.82 Å². The Kier molecular flexibility index (Phi) is 3.85. The lowest BCUT2D eigenvalue weighted by Crippen LogP contribution is -2.50. The zero-order valence-corrected chi connectivity index (χ0v) is 13.1. The normalized spacial score (nSPS) is 17.0. The number of carbonyl (C=O) groups excluding carboxylic acids is 1. The van der Waals surface area contributed by atoms with Crippen LogP contribution in [-0.4, -0.2) is 42.7 Å². The molecule has 0 fully saturated rings. The second-order valence-corrected chi connectivity index (χ2v) is 5.61. The van der Waals surface area contributed by atoms with Crippen LogP contribution < -0.4 is 0 Å². The molecule has 3 rings (SSSR count). The summed E-state index contributed by atoms with van der Waals surface area (Å²) in [6.07, 6.45) is 0.887. The lowest BCUT2D eigenvalue weighted by atomic mass is 10.1. The van der Waals surface area contributed by atoms with Crippen molar-refractivity contribution < 1.29 is 14.7 Å². The van der Waals surface area contributed by atoms with E-state index in [0.29, 0.717) is 17.2 Å². The van der Waals surface area contributed by atoms with Crippen molar-refractivity contribution in [2.45, 2.75) is 39.4 Å². The number of aromatic nitrogens is 3. The van der Waals surface area contributed by atoms with Gasteiger partial charge in [-0.15, -0.1) is 10.2 Å². The fraction of sp³-hybridized carbons (Fsp3) is 0.375. The molecule has 1 aliphatic heterocycles. The van der Waals surface area contributed by atoms with E-state index in [1.165, 1.54) is 4.90 Å². The van der Waals surface area contributed by atoms with Crippen LogP contribution in [-0.2, 0) is 24.3 Å². The molecule has 7 nitrogen and oxygen atoms in total. The molecule has 1 amide bonds. The van der Waals surface area contributed by atoms with Gasteiger partial charge in [0.25, 0.3) is 5.91 Å². The summed E-state index contributed by atoms with van der Waals surface area (Å²) in [5, 5.41) is 17.5. The smallest absolute Gasteiger partial charge is 0.328 e. The van der Waals surface area contributed by atoms with Gasteiger partial charge in [-0.1, -0.05) is 19.1 Å². The van der Waals surface area contributed by atoms with Gasteiger partial charge in [0.2, 0.25) is 0 Å². The van der Waals surface area contributed by atoms with Crippen LogP contribution in [0.2, 0.25) is 0 Å². The van der Waals surface area contributed by atoms with E-state index in [9.17, 15) is 14.7 Å². The highest BCUT2D eigenvalue weighted by Gasteiger charge is 2.36. The summed E-state index contributed by atoms with van der Waals surface area (Å²) < 4.78 is 1.75. The second-order valence-electron chi connectivity index (χ2n) is 5.61. The van der Waals surface area contributed by atoms with E-state index in [1.807, 2.05) is 19.1 Å². The Morgan fingerprint density at radius 1 is 1.26 bits per heavy atom. The molecule has 7 heteroatoms. The summed E-state index contributed by atoms with van der Waals surface area (Å²) in [4.78, 5) is 25.7. The number of aryl methyl sites for hydroxylation is 2. The molecule has 0 saturated heterocycles. The van der Waals surface area contributed by atoms with Crippen molar-refractivity contribution in [3.8, 4) is 0 Å². The third-order valence-corrected chi connectivity index (χ3v) is 4.21. The molecule has 0 radical (unpaired) electrons. The van der Waals surface area contributed by atoms with Crippen molar-refractivity contribution in [2.24, 2.45) is 0 Å². The SMILES string of the molecule is CCc1ccc(C(=O)N2Cc3nnc(C)n3CC2C(=O)O)cc1. The minimum Gasteiger partial charge on any atom is -0.480 e. The number of benzene rings is 1. The lowest BCUT2D eigenvalue weighted by molar-refractivity contribution is -0.143. The Bertz CT molecular complexity index is 751. The molecule has 1 aromatic carbocycles. The molecule has 1 aromatic heterocycles. The monoisotopic (exact) mass is 314 g/mol. The predicted octanol–water partition coefficient (Wildman–Crippen LogP) is 1.26. The minimum absolute atomic E-state index is 0.145. The number of nitrogens with zero attached hydrogens (tertiary/aromatic N) is 4. The fourth-order valence-corrected chi connectivity index (χ4v) is 2.79. The Morgan fingerprint density at radius 3 is 2.57 bits per heavy atom. The molecular weight excluding hydrogens is 296 g/mol. The maximum Gasteiger partial charge on any atom is 0.328 e. The van der Waals surface area contributed by atoms with Gasteiger partial charge in [0.05, 0.1) is 13.1 Å².